The van der Waals surface area contributed by atoms with Gasteiger partial charge in [0.1, 0.15) is 6.07 Å². The summed E-state index contributed by atoms with van der Waals surface area (Å²) < 4.78 is 36.7. The van der Waals surface area contributed by atoms with Crippen molar-refractivity contribution in [1.82, 2.24) is 4.90 Å². The first kappa shape index (κ1) is 30.5. The molecule has 1 heterocycles. The van der Waals surface area contributed by atoms with E-state index >= 15 is 0 Å². The van der Waals surface area contributed by atoms with E-state index in [1.54, 1.807) is 25.1 Å². The molecule has 0 N–H and O–H groups in total. The van der Waals surface area contributed by atoms with E-state index in [9.17, 15) is 18.0 Å². The Morgan fingerprint density at radius 1 is 1.14 bits per heavy atom. The van der Waals surface area contributed by atoms with Crippen molar-refractivity contribution < 1.29 is 18.0 Å². The Kier molecular flexibility index (Phi) is 12.3. The number of halogens is 4. The van der Waals surface area contributed by atoms with Crippen molar-refractivity contribution in [3.8, 4) is 6.07 Å². The van der Waals surface area contributed by atoms with Crippen LogP contribution in [0.4, 0.5) is 13.2 Å². The molecular formula is C28H36ClF3N2O. The van der Waals surface area contributed by atoms with Crippen LogP contribution in [0.25, 0.3) is 0 Å². The third-order valence-corrected chi connectivity index (χ3v) is 6.52. The molecule has 1 aliphatic heterocycles. The fourth-order valence-corrected chi connectivity index (χ4v) is 3.95. The number of carbonyl (C=O) groups excluding carboxylic acids is 1. The van der Waals surface area contributed by atoms with Gasteiger partial charge in [-0.1, -0.05) is 63.6 Å². The zero-order chi connectivity index (χ0) is 26.8. The highest BCUT2D eigenvalue weighted by atomic mass is 35.5. The predicted octanol–water partition coefficient (Wildman–Crippen LogP) is 8.08. The lowest BCUT2D eigenvalue weighted by atomic mass is 9.95. The van der Waals surface area contributed by atoms with E-state index in [2.05, 4.69) is 27.7 Å². The number of nitriles is 1. The van der Waals surface area contributed by atoms with E-state index in [1.165, 1.54) is 12.1 Å². The minimum Gasteiger partial charge on any atom is -0.340 e. The maximum Gasteiger partial charge on any atom is 0.416 e. The highest BCUT2D eigenvalue weighted by molar-refractivity contribution is 6.31. The summed E-state index contributed by atoms with van der Waals surface area (Å²) in [5.41, 5.74) is 1.44. The molecule has 0 radical (unpaired) electrons. The molecule has 1 aliphatic rings. The summed E-state index contributed by atoms with van der Waals surface area (Å²) in [7, 11) is 0. The molecule has 1 saturated heterocycles. The van der Waals surface area contributed by atoms with Crippen molar-refractivity contribution in [3.05, 3.63) is 69.7 Å². The van der Waals surface area contributed by atoms with Gasteiger partial charge in [0.25, 0.3) is 0 Å². The van der Waals surface area contributed by atoms with Gasteiger partial charge in [-0.25, -0.2) is 0 Å². The summed E-state index contributed by atoms with van der Waals surface area (Å²) in [5.74, 6) is 1.58. The maximum atomic E-state index is 12.2. The number of rotatable bonds is 4. The summed E-state index contributed by atoms with van der Waals surface area (Å²) in [6.45, 7) is 13.3. The fourth-order valence-electron chi connectivity index (χ4n) is 3.67. The molecule has 2 aromatic rings. The highest BCUT2D eigenvalue weighted by Crippen LogP contribution is 2.31. The van der Waals surface area contributed by atoms with Crippen LogP contribution in [0.2, 0.25) is 5.02 Å². The smallest absolute Gasteiger partial charge is 0.340 e. The summed E-state index contributed by atoms with van der Waals surface area (Å²) in [5, 5.41) is 9.00. The lowest BCUT2D eigenvalue weighted by Crippen LogP contribution is -2.34. The summed E-state index contributed by atoms with van der Waals surface area (Å²) in [6.07, 6.45) is -1.97. The third-order valence-electron chi connectivity index (χ3n) is 6.20. The van der Waals surface area contributed by atoms with Gasteiger partial charge in [-0.2, -0.15) is 18.4 Å². The summed E-state index contributed by atoms with van der Waals surface area (Å²) in [4.78, 5) is 13.7. The van der Waals surface area contributed by atoms with Gasteiger partial charge in [0, 0.05) is 19.0 Å². The van der Waals surface area contributed by atoms with Crippen molar-refractivity contribution in [2.75, 3.05) is 6.54 Å². The predicted molar refractivity (Wildman–Crippen MR) is 136 cm³/mol. The molecule has 0 bridgehead atoms. The Morgan fingerprint density at radius 3 is 2.20 bits per heavy atom. The van der Waals surface area contributed by atoms with E-state index < -0.39 is 11.7 Å². The quantitative estimate of drug-likeness (QED) is 0.419. The first-order chi connectivity index (χ1) is 16.3. The maximum absolute atomic E-state index is 12.2. The molecule has 0 spiro atoms. The average molecular weight is 509 g/mol. The van der Waals surface area contributed by atoms with Crippen LogP contribution in [0.15, 0.2) is 42.5 Å². The lowest BCUT2D eigenvalue weighted by molar-refractivity contribution is -0.138. The van der Waals surface area contributed by atoms with Gasteiger partial charge < -0.3 is 4.90 Å². The van der Waals surface area contributed by atoms with Crippen molar-refractivity contribution >= 4 is 17.5 Å². The number of hydrogen-bond donors (Lipinski definition) is 0. The largest absolute Gasteiger partial charge is 0.416 e. The molecule has 0 saturated carbocycles. The number of benzene rings is 2. The van der Waals surface area contributed by atoms with Gasteiger partial charge in [-0.15, -0.1) is 0 Å². The van der Waals surface area contributed by atoms with Gasteiger partial charge in [0.2, 0.25) is 5.91 Å². The second kappa shape index (κ2) is 14.1. The third kappa shape index (κ3) is 9.57. The van der Waals surface area contributed by atoms with Crippen LogP contribution in [-0.2, 0) is 17.4 Å². The number of carbonyl (C=O) groups is 1. The van der Waals surface area contributed by atoms with Crippen LogP contribution in [0.1, 0.15) is 69.7 Å². The summed E-state index contributed by atoms with van der Waals surface area (Å²) in [6, 6.07) is 13.4. The molecular weight excluding hydrogens is 473 g/mol. The first-order valence-corrected chi connectivity index (χ1v) is 12.3. The van der Waals surface area contributed by atoms with E-state index in [0.717, 1.165) is 31.0 Å². The lowest BCUT2D eigenvalue weighted by Gasteiger charge is -2.24. The van der Waals surface area contributed by atoms with Crippen LogP contribution >= 0.6 is 11.6 Å². The number of amides is 1. The summed E-state index contributed by atoms with van der Waals surface area (Å²) >= 11 is 5.71. The topological polar surface area (TPSA) is 44.1 Å². The Balaban J connectivity index is 0.000000265. The minimum atomic E-state index is -4.22. The Bertz CT molecular complexity index is 998. The number of aryl methyl sites for hydroxylation is 2. The second-order valence-electron chi connectivity index (χ2n) is 9.12. The van der Waals surface area contributed by atoms with Crippen LogP contribution in [0, 0.1) is 30.1 Å². The fraction of sp³-hybridized carbons (Fsp3) is 0.500. The van der Waals surface area contributed by atoms with Crippen molar-refractivity contribution in [2.45, 2.75) is 73.0 Å². The molecule has 0 aromatic heterocycles. The number of alkyl halides is 3. The standard InChI is InChI=1S/C11H21NO.C9H9F3.C8H6ClN/c1-5-9(4)12-7-10(8(2)3)6-11(12)13;1-2-7-5-3-4-6-8(7)9(10,11)12;1-6-2-3-7(5-10)8(9)4-6/h8-10H,5-7H2,1-4H3;3-6H,2H2,1H3;2-4H,1H3. The molecule has 2 aromatic carbocycles. The number of likely N-dealkylation sites (tertiary alicyclic amines) is 1. The molecule has 3 rings (SSSR count). The molecule has 1 amide bonds. The van der Waals surface area contributed by atoms with Crippen LogP contribution in [0.3, 0.4) is 0 Å². The van der Waals surface area contributed by atoms with Crippen LogP contribution in [-0.4, -0.2) is 23.4 Å². The van der Waals surface area contributed by atoms with E-state index in [1.807, 2.05) is 24.0 Å². The molecule has 0 aliphatic carbocycles. The zero-order valence-electron chi connectivity index (χ0n) is 21.4. The average Bonchev–Trinajstić information content (AvgIpc) is 3.21. The van der Waals surface area contributed by atoms with E-state index in [-0.39, 0.29) is 0 Å². The van der Waals surface area contributed by atoms with Crippen molar-refractivity contribution in [1.29, 1.82) is 5.26 Å². The van der Waals surface area contributed by atoms with E-state index in [4.69, 9.17) is 16.9 Å². The molecule has 1 fully saturated rings. The molecule has 2 atom stereocenters. The van der Waals surface area contributed by atoms with Gasteiger partial charge in [0.15, 0.2) is 0 Å². The first-order valence-electron chi connectivity index (χ1n) is 12.0. The Hall–Kier alpha value is -2.52. The zero-order valence-corrected chi connectivity index (χ0v) is 22.2. The molecule has 192 valence electrons. The van der Waals surface area contributed by atoms with Gasteiger partial charge in [0.05, 0.1) is 16.1 Å². The SMILES string of the molecule is CCC(C)N1CC(C(C)C)CC1=O.CCc1ccccc1C(F)(F)F.Cc1ccc(C#N)c(Cl)c1. The van der Waals surface area contributed by atoms with Gasteiger partial charge in [-0.3, -0.25) is 4.79 Å². The highest BCUT2D eigenvalue weighted by Gasteiger charge is 2.33. The Morgan fingerprint density at radius 2 is 1.77 bits per heavy atom. The normalized spacial score (nSPS) is 16.1. The molecule has 35 heavy (non-hydrogen) atoms. The van der Waals surface area contributed by atoms with Crippen LogP contribution < -0.4 is 0 Å². The van der Waals surface area contributed by atoms with Crippen LogP contribution in [0.5, 0.6) is 0 Å². The van der Waals surface area contributed by atoms with Gasteiger partial charge >= 0.3 is 6.18 Å². The van der Waals surface area contributed by atoms with Gasteiger partial charge in [-0.05, 0) is 67.9 Å². The number of nitrogens with zero attached hydrogens (tertiary/aromatic N) is 2. The van der Waals surface area contributed by atoms with Crippen molar-refractivity contribution in [3.63, 3.8) is 0 Å². The Labute approximate surface area is 212 Å². The molecule has 3 nitrogen and oxygen atoms in total. The molecule has 2 unspecified atom stereocenters. The van der Waals surface area contributed by atoms with Crippen molar-refractivity contribution in [2.24, 2.45) is 11.8 Å². The number of hydrogen-bond acceptors (Lipinski definition) is 2. The van der Waals surface area contributed by atoms with E-state index in [0.29, 0.717) is 46.4 Å². The molecule has 7 heteroatoms. The second-order valence-corrected chi connectivity index (χ2v) is 9.52. The minimum absolute atomic E-state index is 0.352. The monoisotopic (exact) mass is 508 g/mol.